The lowest BCUT2D eigenvalue weighted by atomic mass is 10.2. The summed E-state index contributed by atoms with van der Waals surface area (Å²) < 4.78 is 39.4. The molecule has 25 heavy (non-hydrogen) atoms. The maximum atomic E-state index is 12.8. The lowest BCUT2D eigenvalue weighted by molar-refractivity contribution is -0.137. The van der Waals surface area contributed by atoms with E-state index in [0.29, 0.717) is 0 Å². The fraction of sp³-hybridized carbons (Fsp3) is 0.133. The van der Waals surface area contributed by atoms with Gasteiger partial charge in [-0.3, -0.25) is 0 Å². The SMILES string of the molecule is O=C(Nc1ccc(Cl)c(C(F)(F)F)c1)NC1Nc2cc(Br)ccc2S1. The third kappa shape index (κ3) is 4.34. The van der Waals surface area contributed by atoms with Gasteiger partial charge in [-0.05, 0) is 36.4 Å². The lowest BCUT2D eigenvalue weighted by Gasteiger charge is -2.15. The molecule has 0 fully saturated rings. The van der Waals surface area contributed by atoms with E-state index in [2.05, 4.69) is 31.9 Å². The van der Waals surface area contributed by atoms with Gasteiger partial charge in [-0.1, -0.05) is 39.3 Å². The number of halogens is 5. The number of thioether (sulfide) groups is 1. The fourth-order valence-corrected chi connectivity index (χ4v) is 3.77. The number of rotatable bonds is 2. The van der Waals surface area contributed by atoms with Crippen molar-refractivity contribution in [2.45, 2.75) is 16.6 Å². The number of hydrogen-bond donors (Lipinski definition) is 3. The van der Waals surface area contributed by atoms with Gasteiger partial charge in [0.1, 0.15) is 0 Å². The summed E-state index contributed by atoms with van der Waals surface area (Å²) in [5.74, 6) is 0. The van der Waals surface area contributed by atoms with Crippen LogP contribution >= 0.6 is 39.3 Å². The second-order valence-electron chi connectivity index (χ2n) is 5.07. The fourth-order valence-electron chi connectivity index (χ4n) is 2.19. The first kappa shape index (κ1) is 18.2. The molecule has 2 amide bonds. The zero-order chi connectivity index (χ0) is 18.2. The molecule has 0 saturated carbocycles. The molecule has 3 N–H and O–H groups in total. The molecule has 0 bridgehead atoms. The van der Waals surface area contributed by atoms with Crippen LogP contribution in [0.25, 0.3) is 0 Å². The number of alkyl halides is 3. The minimum atomic E-state index is -4.59. The molecule has 4 nitrogen and oxygen atoms in total. The Balaban J connectivity index is 1.64. The van der Waals surface area contributed by atoms with Gasteiger partial charge < -0.3 is 16.0 Å². The smallest absolute Gasteiger partial charge is 0.356 e. The number of carbonyl (C=O) groups is 1. The molecule has 1 atom stereocenters. The number of nitrogens with one attached hydrogen (secondary N) is 3. The van der Waals surface area contributed by atoms with Crippen molar-refractivity contribution in [1.29, 1.82) is 0 Å². The molecule has 132 valence electrons. The quantitative estimate of drug-likeness (QED) is 0.544. The van der Waals surface area contributed by atoms with Crippen molar-refractivity contribution >= 4 is 56.7 Å². The van der Waals surface area contributed by atoms with Crippen molar-refractivity contribution in [3.63, 3.8) is 0 Å². The summed E-state index contributed by atoms with van der Waals surface area (Å²) >= 11 is 10.3. The van der Waals surface area contributed by atoms with E-state index in [1.54, 1.807) is 0 Å². The normalized spacial score (nSPS) is 16.1. The molecule has 1 heterocycles. The zero-order valence-corrected chi connectivity index (χ0v) is 15.4. The van der Waals surface area contributed by atoms with Crippen LogP contribution in [0.15, 0.2) is 45.8 Å². The molecule has 2 aromatic carbocycles. The Labute approximate surface area is 158 Å². The largest absolute Gasteiger partial charge is 0.417 e. The average molecular weight is 453 g/mol. The van der Waals surface area contributed by atoms with Crippen molar-refractivity contribution in [1.82, 2.24) is 5.32 Å². The molecule has 0 aromatic heterocycles. The van der Waals surface area contributed by atoms with Crippen LogP contribution in [-0.4, -0.2) is 11.5 Å². The van der Waals surface area contributed by atoms with Crippen LogP contribution in [0.4, 0.5) is 29.3 Å². The number of anilines is 2. The summed E-state index contributed by atoms with van der Waals surface area (Å²) in [6.07, 6.45) is -4.59. The van der Waals surface area contributed by atoms with Crippen LogP contribution in [0.2, 0.25) is 5.02 Å². The van der Waals surface area contributed by atoms with Gasteiger partial charge in [-0.15, -0.1) is 0 Å². The molecular weight excluding hydrogens is 443 g/mol. The Hall–Kier alpha value is -1.58. The van der Waals surface area contributed by atoms with Crippen LogP contribution < -0.4 is 16.0 Å². The van der Waals surface area contributed by atoms with Gasteiger partial charge >= 0.3 is 12.2 Å². The third-order valence-corrected chi connectivity index (χ3v) is 5.17. The van der Waals surface area contributed by atoms with Crippen LogP contribution in [0, 0.1) is 0 Å². The van der Waals surface area contributed by atoms with E-state index in [0.717, 1.165) is 27.2 Å². The van der Waals surface area contributed by atoms with Crippen molar-refractivity contribution in [3.8, 4) is 0 Å². The second kappa shape index (κ2) is 6.97. The molecule has 1 unspecified atom stereocenters. The number of urea groups is 1. The Morgan fingerprint density at radius 3 is 2.72 bits per heavy atom. The Morgan fingerprint density at radius 2 is 2.00 bits per heavy atom. The highest BCUT2D eigenvalue weighted by Crippen LogP contribution is 2.39. The predicted octanol–water partition coefficient (Wildman–Crippen LogP) is 5.74. The zero-order valence-electron chi connectivity index (χ0n) is 12.2. The van der Waals surface area contributed by atoms with Gasteiger partial charge in [0.2, 0.25) is 0 Å². The van der Waals surface area contributed by atoms with Gasteiger partial charge in [0.25, 0.3) is 0 Å². The number of benzene rings is 2. The van der Waals surface area contributed by atoms with E-state index in [9.17, 15) is 18.0 Å². The van der Waals surface area contributed by atoms with Crippen molar-refractivity contribution in [3.05, 3.63) is 51.5 Å². The van der Waals surface area contributed by atoms with Crippen LogP contribution in [0.5, 0.6) is 0 Å². The standard InChI is InChI=1S/C15H10BrClF3N3OS/c16-7-1-4-12-11(5-7)22-14(25-12)23-13(24)21-8-2-3-10(17)9(6-8)15(18,19)20/h1-6,14,22H,(H2,21,23,24). The summed E-state index contributed by atoms with van der Waals surface area (Å²) in [5, 5.41) is 7.69. The van der Waals surface area contributed by atoms with Gasteiger partial charge in [-0.2, -0.15) is 13.2 Å². The Kier molecular flexibility index (Phi) is 5.08. The summed E-state index contributed by atoms with van der Waals surface area (Å²) in [6, 6.07) is 8.20. The van der Waals surface area contributed by atoms with E-state index in [4.69, 9.17) is 11.6 Å². The number of hydrogen-bond acceptors (Lipinski definition) is 3. The first-order valence-electron chi connectivity index (χ1n) is 6.89. The number of fused-ring (bicyclic) bond motifs is 1. The molecule has 0 aliphatic carbocycles. The molecule has 3 rings (SSSR count). The summed E-state index contributed by atoms with van der Waals surface area (Å²) in [5.41, 5.74) is -0.579. The van der Waals surface area contributed by atoms with Crippen molar-refractivity contribution in [2.75, 3.05) is 10.6 Å². The second-order valence-corrected chi connectivity index (χ2v) is 7.54. The van der Waals surface area contributed by atoms with Crippen molar-refractivity contribution in [2.24, 2.45) is 0 Å². The minimum absolute atomic E-state index is 0.00233. The molecular formula is C15H10BrClF3N3OS. The average Bonchev–Trinajstić information content (AvgIpc) is 2.89. The molecule has 1 aliphatic heterocycles. The predicted molar refractivity (Wildman–Crippen MR) is 96.0 cm³/mol. The van der Waals surface area contributed by atoms with Crippen LogP contribution in [0.1, 0.15) is 5.56 Å². The van der Waals surface area contributed by atoms with Gasteiger partial charge in [0, 0.05) is 15.1 Å². The van der Waals surface area contributed by atoms with E-state index in [1.807, 2.05) is 18.2 Å². The number of amides is 2. The molecule has 0 spiro atoms. The molecule has 1 aliphatic rings. The highest BCUT2D eigenvalue weighted by Gasteiger charge is 2.33. The van der Waals surface area contributed by atoms with Crippen LogP contribution in [0.3, 0.4) is 0 Å². The monoisotopic (exact) mass is 451 g/mol. The molecule has 0 saturated heterocycles. The Bertz CT molecular complexity index is 834. The molecule has 10 heteroatoms. The first-order valence-corrected chi connectivity index (χ1v) is 8.94. The van der Waals surface area contributed by atoms with Gasteiger partial charge in [0.15, 0.2) is 5.50 Å². The van der Waals surface area contributed by atoms with Gasteiger partial charge in [0.05, 0.1) is 16.3 Å². The minimum Gasteiger partial charge on any atom is -0.356 e. The Morgan fingerprint density at radius 1 is 1.24 bits per heavy atom. The highest BCUT2D eigenvalue weighted by molar-refractivity contribution is 9.10. The molecule has 2 aromatic rings. The molecule has 0 radical (unpaired) electrons. The van der Waals surface area contributed by atoms with E-state index in [-0.39, 0.29) is 5.69 Å². The van der Waals surface area contributed by atoms with E-state index in [1.165, 1.54) is 17.8 Å². The van der Waals surface area contributed by atoms with E-state index >= 15 is 0 Å². The topological polar surface area (TPSA) is 53.2 Å². The third-order valence-electron chi connectivity index (χ3n) is 3.26. The summed E-state index contributed by atoms with van der Waals surface area (Å²) in [7, 11) is 0. The maximum absolute atomic E-state index is 12.8. The maximum Gasteiger partial charge on any atom is 0.417 e. The first-order chi connectivity index (χ1) is 11.7. The van der Waals surface area contributed by atoms with Crippen molar-refractivity contribution < 1.29 is 18.0 Å². The van der Waals surface area contributed by atoms with Gasteiger partial charge in [-0.25, -0.2) is 4.79 Å². The highest BCUT2D eigenvalue weighted by atomic mass is 79.9. The number of carbonyl (C=O) groups excluding carboxylic acids is 1. The van der Waals surface area contributed by atoms with Crippen LogP contribution in [-0.2, 0) is 6.18 Å². The van der Waals surface area contributed by atoms with E-state index < -0.39 is 28.3 Å². The lowest BCUT2D eigenvalue weighted by Crippen LogP contribution is -2.38. The summed E-state index contributed by atoms with van der Waals surface area (Å²) in [6.45, 7) is 0. The summed E-state index contributed by atoms with van der Waals surface area (Å²) in [4.78, 5) is 13.0.